The van der Waals surface area contributed by atoms with Crippen LogP contribution < -0.4 is 5.73 Å². The van der Waals surface area contributed by atoms with Gasteiger partial charge in [0.05, 0.1) is 17.2 Å². The molecule has 1 unspecified atom stereocenters. The number of rotatable bonds is 2. The highest BCUT2D eigenvalue weighted by Gasteiger charge is 2.40. The third-order valence-electron chi connectivity index (χ3n) is 3.72. The van der Waals surface area contributed by atoms with E-state index in [9.17, 15) is 9.59 Å². The molecule has 4 nitrogen and oxygen atoms in total. The molecule has 1 aliphatic heterocycles. The van der Waals surface area contributed by atoms with Crippen LogP contribution in [-0.4, -0.2) is 16.7 Å². The molecular formula is C16H13IN2O2. The number of halogens is 1. The van der Waals surface area contributed by atoms with Gasteiger partial charge in [-0.05, 0) is 59.3 Å². The lowest BCUT2D eigenvalue weighted by Gasteiger charge is -2.23. The van der Waals surface area contributed by atoms with Gasteiger partial charge in [-0.2, -0.15) is 0 Å². The van der Waals surface area contributed by atoms with E-state index in [0.717, 1.165) is 9.13 Å². The van der Waals surface area contributed by atoms with Crippen molar-refractivity contribution in [1.82, 2.24) is 4.90 Å². The fourth-order valence-corrected chi connectivity index (χ4v) is 2.93. The molecule has 2 N–H and O–H groups in total. The van der Waals surface area contributed by atoms with Crippen LogP contribution in [0.2, 0.25) is 0 Å². The highest BCUT2D eigenvalue weighted by molar-refractivity contribution is 14.1. The quantitative estimate of drug-likeness (QED) is 0.485. The summed E-state index contributed by atoms with van der Waals surface area (Å²) < 4.78 is 1.11. The average molecular weight is 392 g/mol. The highest BCUT2D eigenvalue weighted by atomic mass is 127. The second kappa shape index (κ2) is 5.14. The Morgan fingerprint density at radius 2 is 1.71 bits per heavy atom. The Labute approximate surface area is 136 Å². The first-order valence-electron chi connectivity index (χ1n) is 6.52. The van der Waals surface area contributed by atoms with Crippen molar-refractivity contribution >= 4 is 40.1 Å². The molecule has 3 rings (SSSR count). The Morgan fingerprint density at radius 1 is 1.05 bits per heavy atom. The highest BCUT2D eigenvalue weighted by Crippen LogP contribution is 2.33. The Bertz CT molecular complexity index is 740. The molecule has 0 bridgehead atoms. The lowest BCUT2D eigenvalue weighted by molar-refractivity contribution is 0.0595. The van der Waals surface area contributed by atoms with E-state index in [-0.39, 0.29) is 17.9 Å². The maximum absolute atomic E-state index is 12.5. The summed E-state index contributed by atoms with van der Waals surface area (Å²) in [5, 5.41) is 0. The maximum Gasteiger partial charge on any atom is 0.264 e. The van der Waals surface area contributed by atoms with Crippen molar-refractivity contribution in [2.75, 3.05) is 5.73 Å². The summed E-state index contributed by atoms with van der Waals surface area (Å²) in [6, 6.07) is 12.4. The molecule has 0 fully saturated rings. The number of carbonyl (C=O) groups excluding carboxylic acids is 2. The molecule has 2 aromatic rings. The molecule has 0 saturated carbocycles. The zero-order chi connectivity index (χ0) is 15.1. The summed E-state index contributed by atoms with van der Waals surface area (Å²) >= 11 is 2.22. The number of nitrogens with two attached hydrogens (primary N) is 1. The van der Waals surface area contributed by atoms with Gasteiger partial charge in [-0.25, -0.2) is 0 Å². The topological polar surface area (TPSA) is 63.4 Å². The minimum Gasteiger partial charge on any atom is -0.398 e. The number of amides is 2. The van der Waals surface area contributed by atoms with Crippen molar-refractivity contribution in [2.45, 2.75) is 13.0 Å². The molecule has 0 radical (unpaired) electrons. The second-order valence-corrected chi connectivity index (χ2v) is 6.22. The zero-order valence-electron chi connectivity index (χ0n) is 11.3. The molecule has 2 amide bonds. The first kappa shape index (κ1) is 14.1. The molecule has 0 spiro atoms. The van der Waals surface area contributed by atoms with E-state index in [2.05, 4.69) is 22.6 Å². The van der Waals surface area contributed by atoms with Crippen LogP contribution in [0.3, 0.4) is 0 Å². The van der Waals surface area contributed by atoms with Gasteiger partial charge in [0, 0.05) is 9.26 Å². The van der Waals surface area contributed by atoms with E-state index in [1.165, 1.54) is 4.90 Å². The zero-order valence-corrected chi connectivity index (χ0v) is 13.5. The number of imide groups is 1. The molecule has 0 aliphatic carbocycles. The summed E-state index contributed by atoms with van der Waals surface area (Å²) in [6.45, 7) is 1.85. The van der Waals surface area contributed by atoms with E-state index >= 15 is 0 Å². The smallest absolute Gasteiger partial charge is 0.264 e. The normalized spacial score (nSPS) is 15.2. The molecule has 1 atom stereocenters. The van der Waals surface area contributed by atoms with E-state index in [0.29, 0.717) is 16.8 Å². The number of hydrogen-bond acceptors (Lipinski definition) is 3. The summed E-state index contributed by atoms with van der Waals surface area (Å²) in [5.74, 6) is -0.604. The van der Waals surface area contributed by atoms with Crippen LogP contribution in [0, 0.1) is 3.57 Å². The van der Waals surface area contributed by atoms with E-state index in [4.69, 9.17) is 5.73 Å². The van der Waals surface area contributed by atoms with Crippen molar-refractivity contribution in [3.05, 3.63) is 62.7 Å². The van der Waals surface area contributed by atoms with Crippen LogP contribution >= 0.6 is 22.6 Å². The molecule has 2 aromatic carbocycles. The van der Waals surface area contributed by atoms with Gasteiger partial charge in [0.2, 0.25) is 0 Å². The number of hydrogen-bond donors (Lipinski definition) is 1. The van der Waals surface area contributed by atoms with E-state index in [1.54, 1.807) is 18.2 Å². The Hall–Kier alpha value is -1.89. The minimum atomic E-state index is -0.325. The Kier molecular flexibility index (Phi) is 3.44. The third-order valence-corrected chi connectivity index (χ3v) is 4.44. The number of nitrogen functional groups attached to an aromatic ring is 1. The summed E-state index contributed by atoms with van der Waals surface area (Å²) in [4.78, 5) is 26.3. The van der Waals surface area contributed by atoms with Crippen molar-refractivity contribution in [1.29, 1.82) is 0 Å². The molecular weight excluding hydrogens is 379 g/mol. The first-order valence-corrected chi connectivity index (χ1v) is 7.60. The van der Waals surface area contributed by atoms with Crippen LogP contribution in [0.1, 0.15) is 39.2 Å². The SMILES string of the molecule is CC(c1ccc(I)cc1)N1C(=O)c2cccc(N)c2C1=O. The van der Waals surface area contributed by atoms with Gasteiger partial charge in [0.15, 0.2) is 0 Å². The van der Waals surface area contributed by atoms with E-state index in [1.807, 2.05) is 31.2 Å². The molecule has 1 aliphatic rings. The molecule has 5 heteroatoms. The fourth-order valence-electron chi connectivity index (χ4n) is 2.57. The Balaban J connectivity index is 2.02. The van der Waals surface area contributed by atoms with Crippen molar-refractivity contribution < 1.29 is 9.59 Å². The summed E-state index contributed by atoms with van der Waals surface area (Å²) in [7, 11) is 0. The maximum atomic E-state index is 12.5. The van der Waals surface area contributed by atoms with Crippen molar-refractivity contribution in [2.24, 2.45) is 0 Å². The van der Waals surface area contributed by atoms with Crippen LogP contribution in [0.4, 0.5) is 5.69 Å². The van der Waals surface area contributed by atoms with Gasteiger partial charge in [0.25, 0.3) is 11.8 Å². The second-order valence-electron chi connectivity index (χ2n) is 4.98. The number of anilines is 1. The third kappa shape index (κ3) is 2.21. The number of nitrogens with zero attached hydrogens (tertiary/aromatic N) is 1. The molecule has 106 valence electrons. The number of benzene rings is 2. The lowest BCUT2D eigenvalue weighted by Crippen LogP contribution is -2.32. The Morgan fingerprint density at radius 3 is 2.33 bits per heavy atom. The molecule has 1 heterocycles. The molecule has 0 saturated heterocycles. The van der Waals surface area contributed by atoms with Crippen molar-refractivity contribution in [3.8, 4) is 0 Å². The van der Waals surface area contributed by atoms with Gasteiger partial charge in [-0.1, -0.05) is 18.2 Å². The predicted octanol–water partition coefficient (Wildman–Crippen LogP) is 3.23. The van der Waals surface area contributed by atoms with Gasteiger partial charge in [-0.3, -0.25) is 14.5 Å². The summed E-state index contributed by atoms with van der Waals surface area (Å²) in [5.41, 5.74) is 7.82. The van der Waals surface area contributed by atoms with Gasteiger partial charge in [0.1, 0.15) is 0 Å². The number of carbonyl (C=O) groups is 2. The van der Waals surface area contributed by atoms with Crippen LogP contribution in [0.5, 0.6) is 0 Å². The minimum absolute atomic E-state index is 0.284. The van der Waals surface area contributed by atoms with Crippen LogP contribution in [0.15, 0.2) is 42.5 Å². The van der Waals surface area contributed by atoms with Crippen molar-refractivity contribution in [3.63, 3.8) is 0 Å². The van der Waals surface area contributed by atoms with Crippen LogP contribution in [-0.2, 0) is 0 Å². The monoisotopic (exact) mass is 392 g/mol. The fraction of sp³-hybridized carbons (Fsp3) is 0.125. The predicted molar refractivity (Wildman–Crippen MR) is 88.9 cm³/mol. The first-order chi connectivity index (χ1) is 10.0. The van der Waals surface area contributed by atoms with Crippen LogP contribution in [0.25, 0.3) is 0 Å². The lowest BCUT2D eigenvalue weighted by atomic mass is 10.1. The summed E-state index contributed by atoms with van der Waals surface area (Å²) in [6.07, 6.45) is 0. The standard InChI is InChI=1S/C16H13IN2O2/c1-9(10-5-7-11(17)8-6-10)19-15(20)12-3-2-4-13(18)14(12)16(19)21/h2-9H,18H2,1H3. The number of fused-ring (bicyclic) bond motifs is 1. The van der Waals surface area contributed by atoms with Gasteiger partial charge in [-0.15, -0.1) is 0 Å². The van der Waals surface area contributed by atoms with E-state index < -0.39 is 0 Å². The average Bonchev–Trinajstić information content (AvgIpc) is 2.72. The van der Waals surface area contributed by atoms with Gasteiger partial charge < -0.3 is 5.73 Å². The molecule has 0 aromatic heterocycles. The van der Waals surface area contributed by atoms with Gasteiger partial charge >= 0.3 is 0 Å². The molecule has 21 heavy (non-hydrogen) atoms. The largest absolute Gasteiger partial charge is 0.398 e.